The van der Waals surface area contributed by atoms with Gasteiger partial charge >= 0.3 is 5.97 Å². The van der Waals surface area contributed by atoms with Gasteiger partial charge in [0.25, 0.3) is 11.8 Å². The van der Waals surface area contributed by atoms with Crippen molar-refractivity contribution in [3.05, 3.63) is 40.6 Å². The Hall–Kier alpha value is -0.240. The molecule has 0 fully saturated rings. The van der Waals surface area contributed by atoms with Gasteiger partial charge in [0, 0.05) is 22.9 Å². The van der Waals surface area contributed by atoms with E-state index in [-0.39, 0.29) is 0 Å². The highest BCUT2D eigenvalue weighted by molar-refractivity contribution is 14.1. The fraction of sp³-hybridized carbons (Fsp3) is 0. The van der Waals surface area contributed by atoms with E-state index in [4.69, 9.17) is 4.84 Å². The molecule has 1 aromatic rings. The van der Waals surface area contributed by atoms with Crippen LogP contribution in [0.5, 0.6) is 0 Å². The van der Waals surface area contributed by atoms with E-state index < -0.39 is 17.8 Å². The second-order valence-electron chi connectivity index (χ2n) is 3.40. The van der Waals surface area contributed by atoms with Crippen LogP contribution in [-0.2, 0) is 14.4 Å². The van der Waals surface area contributed by atoms with E-state index in [0.29, 0.717) is 14.2 Å². The van der Waals surface area contributed by atoms with Crippen LogP contribution in [0, 0.1) is 10.7 Å². The second kappa shape index (κ2) is 6.03. The normalized spacial score (nSPS) is 14.2. The Morgan fingerprint density at radius 3 is 2.11 bits per heavy atom. The van der Waals surface area contributed by atoms with E-state index in [1.54, 1.807) is 6.07 Å². The topological polar surface area (TPSA) is 63.7 Å². The van der Waals surface area contributed by atoms with Crippen molar-refractivity contribution < 1.29 is 19.2 Å². The molecule has 5 nitrogen and oxygen atoms in total. The van der Waals surface area contributed by atoms with Crippen molar-refractivity contribution in [3.8, 4) is 0 Å². The number of imide groups is 1. The van der Waals surface area contributed by atoms with Gasteiger partial charge < -0.3 is 4.84 Å². The molecule has 98 valence electrons. The zero-order chi connectivity index (χ0) is 14.2. The van der Waals surface area contributed by atoms with Crippen LogP contribution >= 0.6 is 67.8 Å². The lowest BCUT2D eigenvalue weighted by Gasteiger charge is -2.14. The van der Waals surface area contributed by atoms with Gasteiger partial charge in [0.05, 0.1) is 5.56 Å². The van der Waals surface area contributed by atoms with Crippen LogP contribution in [0.1, 0.15) is 10.4 Å². The smallest absolute Gasteiger partial charge is 0.324 e. The Morgan fingerprint density at radius 2 is 1.53 bits per heavy atom. The molecule has 1 aromatic carbocycles. The quantitative estimate of drug-likeness (QED) is 0.300. The molecular weight excluding hydrogens is 591 g/mol. The molecule has 0 bridgehead atoms. The standard InChI is InChI=1S/C11H4I3NO4/c12-5-1-2-6(13)10(14)9(5)11(18)19-15-7(16)3-4-8(15)17/h1-4H. The number of hydrogen-bond donors (Lipinski definition) is 0. The van der Waals surface area contributed by atoms with E-state index in [0.717, 1.165) is 19.3 Å². The summed E-state index contributed by atoms with van der Waals surface area (Å²) in [6, 6.07) is 3.64. The molecule has 0 saturated carbocycles. The van der Waals surface area contributed by atoms with Crippen molar-refractivity contribution in [3.63, 3.8) is 0 Å². The number of carbonyl (C=O) groups is 3. The minimum absolute atomic E-state index is 0.348. The monoisotopic (exact) mass is 595 g/mol. The van der Waals surface area contributed by atoms with Gasteiger partial charge in [0.2, 0.25) is 0 Å². The van der Waals surface area contributed by atoms with Crippen LogP contribution in [0.2, 0.25) is 0 Å². The zero-order valence-corrected chi connectivity index (χ0v) is 15.5. The number of nitrogens with zero attached hydrogens (tertiary/aromatic N) is 1. The molecule has 0 N–H and O–H groups in total. The van der Waals surface area contributed by atoms with Crippen molar-refractivity contribution in [2.24, 2.45) is 0 Å². The summed E-state index contributed by atoms with van der Waals surface area (Å²) >= 11 is 6.12. The van der Waals surface area contributed by atoms with Crippen LogP contribution in [0.4, 0.5) is 0 Å². The molecule has 0 radical (unpaired) electrons. The predicted octanol–water partition coefficient (Wildman–Crippen LogP) is 2.50. The summed E-state index contributed by atoms with van der Waals surface area (Å²) in [5, 5.41) is 0.453. The zero-order valence-electron chi connectivity index (χ0n) is 9.02. The first kappa shape index (κ1) is 15.2. The van der Waals surface area contributed by atoms with Gasteiger partial charge in [-0.05, 0) is 79.9 Å². The van der Waals surface area contributed by atoms with Crippen molar-refractivity contribution in [1.29, 1.82) is 0 Å². The molecule has 2 rings (SSSR count). The molecule has 0 unspecified atom stereocenters. The highest BCUT2D eigenvalue weighted by Crippen LogP contribution is 2.25. The van der Waals surface area contributed by atoms with Crippen molar-refractivity contribution in [2.75, 3.05) is 0 Å². The second-order valence-corrected chi connectivity index (χ2v) is 6.80. The Balaban J connectivity index is 2.29. The third-order valence-corrected chi connectivity index (χ3v) is 6.14. The largest absolute Gasteiger partial charge is 0.366 e. The third-order valence-electron chi connectivity index (χ3n) is 2.19. The highest BCUT2D eigenvalue weighted by Gasteiger charge is 2.30. The van der Waals surface area contributed by atoms with E-state index in [1.807, 2.05) is 51.2 Å². The molecule has 2 amide bonds. The molecule has 0 atom stereocenters. The molecule has 0 saturated heterocycles. The average Bonchev–Trinajstić information content (AvgIpc) is 2.66. The average molecular weight is 595 g/mol. The lowest BCUT2D eigenvalue weighted by molar-refractivity contribution is -0.170. The van der Waals surface area contributed by atoms with Gasteiger partial charge in [-0.3, -0.25) is 9.59 Å². The maximum atomic E-state index is 12.1. The third kappa shape index (κ3) is 3.09. The Morgan fingerprint density at radius 1 is 1.00 bits per heavy atom. The summed E-state index contributed by atoms with van der Waals surface area (Å²) in [5.41, 5.74) is 0.348. The number of amides is 2. The van der Waals surface area contributed by atoms with Crippen LogP contribution < -0.4 is 0 Å². The molecule has 0 spiro atoms. The first-order valence-electron chi connectivity index (χ1n) is 4.83. The summed E-state index contributed by atoms with van der Waals surface area (Å²) in [4.78, 5) is 39.6. The van der Waals surface area contributed by atoms with Crippen LogP contribution in [0.25, 0.3) is 0 Å². The Bertz CT molecular complexity index is 609. The lowest BCUT2D eigenvalue weighted by atomic mass is 10.2. The first-order valence-corrected chi connectivity index (χ1v) is 8.07. The lowest BCUT2D eigenvalue weighted by Crippen LogP contribution is -2.33. The van der Waals surface area contributed by atoms with Crippen LogP contribution in [-0.4, -0.2) is 22.8 Å². The number of rotatable bonds is 2. The molecule has 19 heavy (non-hydrogen) atoms. The fourth-order valence-corrected chi connectivity index (χ4v) is 3.65. The number of hydrogen-bond acceptors (Lipinski definition) is 4. The number of hydroxylamine groups is 2. The summed E-state index contributed by atoms with van der Waals surface area (Å²) in [6.45, 7) is 0. The Kier molecular flexibility index (Phi) is 4.81. The fourth-order valence-electron chi connectivity index (χ4n) is 1.32. The summed E-state index contributed by atoms with van der Waals surface area (Å²) in [5.74, 6) is -2.04. The minimum atomic E-state index is -0.724. The van der Waals surface area contributed by atoms with Crippen LogP contribution in [0.15, 0.2) is 24.3 Å². The summed E-state index contributed by atoms with van der Waals surface area (Å²) < 4.78 is 2.31. The van der Waals surface area contributed by atoms with Gasteiger partial charge in [0.1, 0.15) is 0 Å². The highest BCUT2D eigenvalue weighted by atomic mass is 127. The summed E-state index contributed by atoms with van der Waals surface area (Å²) in [7, 11) is 0. The predicted molar refractivity (Wildman–Crippen MR) is 91.0 cm³/mol. The van der Waals surface area contributed by atoms with Crippen molar-refractivity contribution in [2.45, 2.75) is 0 Å². The minimum Gasteiger partial charge on any atom is -0.324 e. The van der Waals surface area contributed by atoms with Gasteiger partial charge in [-0.2, -0.15) is 0 Å². The molecule has 8 heteroatoms. The molecule has 1 aliphatic heterocycles. The van der Waals surface area contributed by atoms with E-state index >= 15 is 0 Å². The van der Waals surface area contributed by atoms with Crippen molar-refractivity contribution >= 4 is 85.6 Å². The molecule has 1 heterocycles. The number of halogens is 3. The molecular formula is C11H4I3NO4. The maximum absolute atomic E-state index is 12.1. The first-order chi connectivity index (χ1) is 8.91. The van der Waals surface area contributed by atoms with Gasteiger partial charge in [-0.25, -0.2) is 4.79 Å². The van der Waals surface area contributed by atoms with Gasteiger partial charge in [-0.15, -0.1) is 0 Å². The van der Waals surface area contributed by atoms with Gasteiger partial charge in [-0.1, -0.05) is 5.06 Å². The number of benzene rings is 1. The SMILES string of the molecule is O=C(ON1C(=O)C=CC1=O)c1c(I)ccc(I)c1I. The van der Waals surface area contributed by atoms with E-state index in [9.17, 15) is 14.4 Å². The number of carbonyl (C=O) groups excluding carboxylic acids is 3. The maximum Gasteiger partial charge on any atom is 0.366 e. The van der Waals surface area contributed by atoms with E-state index in [2.05, 4.69) is 22.6 Å². The molecule has 0 aromatic heterocycles. The molecule has 0 aliphatic carbocycles. The van der Waals surface area contributed by atoms with Crippen molar-refractivity contribution in [1.82, 2.24) is 5.06 Å². The Labute approximate surface area is 149 Å². The van der Waals surface area contributed by atoms with Gasteiger partial charge in [0.15, 0.2) is 0 Å². The van der Waals surface area contributed by atoms with Crippen LogP contribution in [0.3, 0.4) is 0 Å². The summed E-state index contributed by atoms with van der Waals surface area (Å²) in [6.07, 6.45) is 2.11. The van der Waals surface area contributed by atoms with E-state index in [1.165, 1.54) is 0 Å². The molecule has 1 aliphatic rings.